The summed E-state index contributed by atoms with van der Waals surface area (Å²) < 4.78 is 4.55. The van der Waals surface area contributed by atoms with Crippen LogP contribution in [0.15, 0.2) is 30.3 Å². The topological polar surface area (TPSA) is 84.7 Å². The number of methoxy groups -OCH3 is 1. The highest BCUT2D eigenvalue weighted by Crippen LogP contribution is 2.11. The van der Waals surface area contributed by atoms with Crippen LogP contribution in [0.5, 0.6) is 0 Å². The van der Waals surface area contributed by atoms with Crippen molar-refractivity contribution >= 4 is 23.8 Å². The molecule has 1 aromatic rings. The Morgan fingerprint density at radius 2 is 2.10 bits per heavy atom. The van der Waals surface area contributed by atoms with Crippen LogP contribution in [-0.2, 0) is 9.53 Å². The van der Waals surface area contributed by atoms with Crippen LogP contribution in [0, 0.1) is 0 Å². The molecule has 1 aliphatic heterocycles. The zero-order valence-electron chi connectivity index (χ0n) is 11.9. The van der Waals surface area contributed by atoms with E-state index in [-0.39, 0.29) is 11.9 Å². The molecule has 1 heterocycles. The molecule has 0 saturated carbocycles. The highest BCUT2D eigenvalue weighted by atomic mass is 16.5. The minimum atomic E-state index is -0.466. The van der Waals surface area contributed by atoms with Gasteiger partial charge in [-0.25, -0.2) is 4.79 Å². The van der Waals surface area contributed by atoms with E-state index in [4.69, 9.17) is 5.73 Å². The Hall–Kier alpha value is -2.50. The van der Waals surface area contributed by atoms with E-state index in [0.717, 1.165) is 12.0 Å². The molecule has 0 bridgehead atoms. The first-order valence-electron chi connectivity index (χ1n) is 6.75. The first-order valence-corrected chi connectivity index (χ1v) is 6.75. The van der Waals surface area contributed by atoms with Crippen molar-refractivity contribution < 1.29 is 14.3 Å². The number of hydrogen-bond donors (Lipinski definition) is 2. The summed E-state index contributed by atoms with van der Waals surface area (Å²) in [6.07, 6.45) is 3.55. The Bertz CT molecular complexity index is 540. The van der Waals surface area contributed by atoms with Gasteiger partial charge >= 0.3 is 6.09 Å². The van der Waals surface area contributed by atoms with Gasteiger partial charge in [0.2, 0.25) is 5.91 Å². The molecule has 3 N–H and O–H groups in total. The predicted octanol–water partition coefficient (Wildman–Crippen LogP) is 1.24. The van der Waals surface area contributed by atoms with E-state index in [1.54, 1.807) is 23.1 Å². The number of nitrogens with two attached hydrogens (primary N) is 1. The maximum atomic E-state index is 12.1. The Kier molecular flexibility index (Phi) is 4.81. The average Bonchev–Trinajstić information content (AvgIpc) is 2.94. The first kappa shape index (κ1) is 14.9. The van der Waals surface area contributed by atoms with Gasteiger partial charge in [-0.05, 0) is 30.2 Å². The summed E-state index contributed by atoms with van der Waals surface area (Å²) in [6.45, 7) is 1.12. The fraction of sp³-hybridized carbons (Fsp3) is 0.333. The van der Waals surface area contributed by atoms with Crippen LogP contribution in [-0.4, -0.2) is 43.1 Å². The molecule has 21 heavy (non-hydrogen) atoms. The highest BCUT2D eigenvalue weighted by molar-refractivity contribution is 5.92. The molecule has 6 heteroatoms. The van der Waals surface area contributed by atoms with Crippen LogP contribution in [0.25, 0.3) is 6.08 Å². The van der Waals surface area contributed by atoms with Crippen molar-refractivity contribution in [1.82, 2.24) is 10.2 Å². The first-order chi connectivity index (χ1) is 10.1. The van der Waals surface area contributed by atoms with Crippen molar-refractivity contribution in [3.63, 3.8) is 0 Å². The highest BCUT2D eigenvalue weighted by Gasteiger charge is 2.26. The fourth-order valence-electron chi connectivity index (χ4n) is 2.18. The van der Waals surface area contributed by atoms with E-state index < -0.39 is 6.09 Å². The third-order valence-corrected chi connectivity index (χ3v) is 3.36. The summed E-state index contributed by atoms with van der Waals surface area (Å²) in [6, 6.07) is 7.23. The molecule has 112 valence electrons. The van der Waals surface area contributed by atoms with Crippen molar-refractivity contribution in [3.05, 3.63) is 35.9 Å². The van der Waals surface area contributed by atoms with Gasteiger partial charge in [-0.1, -0.05) is 12.1 Å². The summed E-state index contributed by atoms with van der Waals surface area (Å²) in [4.78, 5) is 24.9. The summed E-state index contributed by atoms with van der Waals surface area (Å²) in [7, 11) is 1.32. The Balaban J connectivity index is 1.87. The average molecular weight is 289 g/mol. The number of anilines is 1. The third-order valence-electron chi connectivity index (χ3n) is 3.36. The minimum absolute atomic E-state index is 0.0497. The molecule has 0 aromatic heterocycles. The Morgan fingerprint density at radius 1 is 1.38 bits per heavy atom. The lowest BCUT2D eigenvalue weighted by Crippen LogP contribution is -2.38. The fourth-order valence-corrected chi connectivity index (χ4v) is 2.18. The lowest BCUT2D eigenvalue weighted by atomic mass is 10.2. The van der Waals surface area contributed by atoms with Gasteiger partial charge in [-0.15, -0.1) is 0 Å². The monoisotopic (exact) mass is 289 g/mol. The van der Waals surface area contributed by atoms with Crippen molar-refractivity contribution in [2.45, 2.75) is 12.5 Å². The van der Waals surface area contributed by atoms with Crippen molar-refractivity contribution in [1.29, 1.82) is 0 Å². The van der Waals surface area contributed by atoms with E-state index in [1.165, 1.54) is 13.2 Å². The molecular weight excluding hydrogens is 270 g/mol. The number of amides is 2. The summed E-state index contributed by atoms with van der Waals surface area (Å²) >= 11 is 0. The van der Waals surface area contributed by atoms with Gasteiger partial charge < -0.3 is 20.7 Å². The zero-order chi connectivity index (χ0) is 15.2. The molecule has 0 aliphatic carbocycles. The second-order valence-corrected chi connectivity index (χ2v) is 4.91. The number of rotatable bonds is 3. The summed E-state index contributed by atoms with van der Waals surface area (Å²) in [5.74, 6) is -0.0685. The van der Waals surface area contributed by atoms with Crippen LogP contribution in [0.3, 0.4) is 0 Å². The zero-order valence-corrected chi connectivity index (χ0v) is 11.9. The van der Waals surface area contributed by atoms with Gasteiger partial charge in [0, 0.05) is 24.9 Å². The molecule has 1 unspecified atom stereocenters. The number of hydrogen-bond acceptors (Lipinski definition) is 4. The van der Waals surface area contributed by atoms with Crippen LogP contribution >= 0.6 is 0 Å². The van der Waals surface area contributed by atoms with Gasteiger partial charge in [0.15, 0.2) is 0 Å². The van der Waals surface area contributed by atoms with Gasteiger partial charge in [0.25, 0.3) is 0 Å². The molecule has 0 radical (unpaired) electrons. The molecule has 1 aromatic carbocycles. The molecule has 1 saturated heterocycles. The molecule has 1 fully saturated rings. The number of likely N-dealkylation sites (tertiary alicyclic amines) is 1. The SMILES string of the molecule is COC(=O)NC1CCN(C(=O)/C=C/c2ccc(N)cc2)C1. The van der Waals surface area contributed by atoms with Gasteiger partial charge in [-0.3, -0.25) is 4.79 Å². The number of nitrogen functional groups attached to an aromatic ring is 1. The molecular formula is C15H19N3O3. The number of carbonyl (C=O) groups is 2. The molecule has 1 aliphatic rings. The van der Waals surface area contributed by atoms with Gasteiger partial charge in [0.05, 0.1) is 13.2 Å². The molecule has 2 rings (SSSR count). The lowest BCUT2D eigenvalue weighted by Gasteiger charge is -2.14. The number of benzene rings is 1. The maximum absolute atomic E-state index is 12.1. The molecule has 0 spiro atoms. The number of nitrogens with zero attached hydrogens (tertiary/aromatic N) is 1. The second-order valence-electron chi connectivity index (χ2n) is 4.91. The quantitative estimate of drug-likeness (QED) is 0.647. The van der Waals surface area contributed by atoms with Gasteiger partial charge in [-0.2, -0.15) is 0 Å². The number of alkyl carbamates (subject to hydrolysis) is 1. The minimum Gasteiger partial charge on any atom is -0.453 e. The number of carbonyl (C=O) groups excluding carboxylic acids is 2. The van der Waals surface area contributed by atoms with Gasteiger partial charge in [0.1, 0.15) is 0 Å². The van der Waals surface area contributed by atoms with E-state index in [9.17, 15) is 9.59 Å². The predicted molar refractivity (Wildman–Crippen MR) is 80.4 cm³/mol. The van der Waals surface area contributed by atoms with Crippen LogP contribution in [0.4, 0.5) is 10.5 Å². The maximum Gasteiger partial charge on any atom is 0.407 e. The second kappa shape index (κ2) is 6.78. The smallest absolute Gasteiger partial charge is 0.407 e. The van der Waals surface area contributed by atoms with E-state index in [1.807, 2.05) is 12.1 Å². The molecule has 2 amide bonds. The Morgan fingerprint density at radius 3 is 2.76 bits per heavy atom. The van der Waals surface area contributed by atoms with Crippen LogP contribution in [0.1, 0.15) is 12.0 Å². The largest absolute Gasteiger partial charge is 0.453 e. The Labute approximate surface area is 123 Å². The summed E-state index contributed by atoms with van der Waals surface area (Å²) in [5, 5.41) is 2.70. The normalized spacial score (nSPS) is 18.0. The standard InChI is InChI=1S/C15H19N3O3/c1-21-15(20)17-13-8-9-18(10-13)14(19)7-4-11-2-5-12(16)6-3-11/h2-7,13H,8-10,16H2,1H3,(H,17,20)/b7-4+. The third kappa shape index (κ3) is 4.24. The van der Waals surface area contributed by atoms with Crippen molar-refractivity contribution in [3.8, 4) is 0 Å². The molecule has 1 atom stereocenters. The van der Waals surface area contributed by atoms with Crippen molar-refractivity contribution in [2.24, 2.45) is 0 Å². The number of nitrogens with one attached hydrogen (secondary N) is 1. The van der Waals surface area contributed by atoms with E-state index >= 15 is 0 Å². The van der Waals surface area contributed by atoms with Crippen LogP contribution < -0.4 is 11.1 Å². The summed E-state index contributed by atoms with van der Waals surface area (Å²) in [5.41, 5.74) is 7.21. The van der Waals surface area contributed by atoms with Crippen LogP contribution in [0.2, 0.25) is 0 Å². The molecule has 6 nitrogen and oxygen atoms in total. The van der Waals surface area contributed by atoms with Crippen molar-refractivity contribution in [2.75, 3.05) is 25.9 Å². The van der Waals surface area contributed by atoms with E-state index in [2.05, 4.69) is 10.1 Å². The number of ether oxygens (including phenoxy) is 1. The lowest BCUT2D eigenvalue weighted by molar-refractivity contribution is -0.125. The van der Waals surface area contributed by atoms with E-state index in [0.29, 0.717) is 18.8 Å².